The topological polar surface area (TPSA) is 29.5 Å². The molecule has 0 N–H and O–H groups in total. The Labute approximate surface area is 76.7 Å². The molecule has 0 aliphatic carbocycles. The lowest BCUT2D eigenvalue weighted by atomic mass is 10.8. The molecule has 3 nitrogen and oxygen atoms in total. The van der Waals surface area contributed by atoms with Gasteiger partial charge in [-0.2, -0.15) is 0 Å². The summed E-state index contributed by atoms with van der Waals surface area (Å²) >= 11 is 0. The molecular weight excluding hydrogens is 154 g/mol. The van der Waals surface area contributed by atoms with E-state index in [0.29, 0.717) is 6.61 Å². The molecule has 0 spiro atoms. The highest BCUT2D eigenvalue weighted by Crippen LogP contribution is 1.82. The van der Waals surface area contributed by atoms with Crippen LogP contribution in [0.4, 0.5) is 4.79 Å². The predicted molar refractivity (Wildman–Crippen MR) is 53.4 cm³/mol. The number of nitrogens with zero attached hydrogens (tertiary/aromatic N) is 1. The van der Waals surface area contributed by atoms with Gasteiger partial charge in [-0.25, -0.2) is 4.79 Å². The minimum absolute atomic E-state index is 0.285. The average molecular weight is 177 g/mol. The zero-order valence-electron chi connectivity index (χ0n) is 9.47. The lowest BCUT2D eigenvalue weighted by Crippen LogP contribution is -2.22. The van der Waals surface area contributed by atoms with E-state index in [-0.39, 0.29) is 6.09 Å². The van der Waals surface area contributed by atoms with Crippen molar-refractivity contribution < 1.29 is 9.53 Å². The molecule has 0 aromatic heterocycles. The van der Waals surface area contributed by atoms with Gasteiger partial charge in [-0.05, 0) is 6.92 Å². The van der Waals surface area contributed by atoms with E-state index in [4.69, 9.17) is 0 Å². The van der Waals surface area contributed by atoms with E-state index in [9.17, 15) is 4.79 Å². The minimum atomic E-state index is -0.285. The first-order valence-electron chi connectivity index (χ1n) is 4.52. The standard InChI is InChI=1S/C5H11NO2.2C2H6/c1-4-8-5(7)6(2)3;2*1-2/h4H2,1-3H3;2*1-2H3. The number of amides is 1. The third kappa shape index (κ3) is 16.1. The second kappa shape index (κ2) is 16.7. The molecule has 1 amide bonds. The van der Waals surface area contributed by atoms with E-state index in [1.807, 2.05) is 27.7 Å². The fourth-order valence-corrected chi connectivity index (χ4v) is 0.253. The Hall–Kier alpha value is -0.730. The van der Waals surface area contributed by atoms with Crippen LogP contribution in [0.1, 0.15) is 34.6 Å². The Morgan fingerprint density at radius 1 is 1.17 bits per heavy atom. The predicted octanol–water partition coefficient (Wildman–Crippen LogP) is 2.76. The Balaban J connectivity index is -0.000000175. The average Bonchev–Trinajstić information content (AvgIpc) is 2.12. The van der Waals surface area contributed by atoms with Crippen LogP contribution in [0, 0.1) is 0 Å². The quantitative estimate of drug-likeness (QED) is 0.616. The smallest absolute Gasteiger partial charge is 0.409 e. The van der Waals surface area contributed by atoms with Crippen molar-refractivity contribution in [3.05, 3.63) is 0 Å². The van der Waals surface area contributed by atoms with Crippen molar-refractivity contribution in [1.82, 2.24) is 4.90 Å². The van der Waals surface area contributed by atoms with Crippen LogP contribution in [-0.4, -0.2) is 31.7 Å². The van der Waals surface area contributed by atoms with E-state index in [1.54, 1.807) is 21.0 Å². The fourth-order valence-electron chi connectivity index (χ4n) is 0.253. The maximum Gasteiger partial charge on any atom is 0.409 e. The van der Waals surface area contributed by atoms with E-state index in [0.717, 1.165) is 0 Å². The Morgan fingerprint density at radius 3 is 1.58 bits per heavy atom. The molecule has 12 heavy (non-hydrogen) atoms. The van der Waals surface area contributed by atoms with Crippen molar-refractivity contribution in [2.45, 2.75) is 34.6 Å². The summed E-state index contributed by atoms with van der Waals surface area (Å²) in [4.78, 5) is 11.8. The third-order valence-electron chi connectivity index (χ3n) is 0.633. The van der Waals surface area contributed by atoms with Crippen molar-refractivity contribution in [1.29, 1.82) is 0 Å². The highest BCUT2D eigenvalue weighted by Gasteiger charge is 1.99. The van der Waals surface area contributed by atoms with Crippen LogP contribution in [0.3, 0.4) is 0 Å². The molecule has 0 aromatic carbocycles. The van der Waals surface area contributed by atoms with Gasteiger partial charge in [-0.15, -0.1) is 0 Å². The number of hydrogen-bond donors (Lipinski definition) is 0. The largest absolute Gasteiger partial charge is 0.450 e. The van der Waals surface area contributed by atoms with Gasteiger partial charge in [0.25, 0.3) is 0 Å². The molecule has 0 rings (SSSR count). The molecule has 0 aliphatic heterocycles. The van der Waals surface area contributed by atoms with Gasteiger partial charge in [0.15, 0.2) is 0 Å². The molecule has 0 saturated carbocycles. The fraction of sp³-hybridized carbons (Fsp3) is 0.889. The first-order valence-corrected chi connectivity index (χ1v) is 4.52. The van der Waals surface area contributed by atoms with Crippen LogP contribution in [-0.2, 0) is 4.74 Å². The molecule has 0 saturated heterocycles. The van der Waals surface area contributed by atoms with E-state index in [2.05, 4.69) is 4.74 Å². The number of carbonyl (C=O) groups excluding carboxylic acids is 1. The summed E-state index contributed by atoms with van der Waals surface area (Å²) in [7, 11) is 3.30. The van der Waals surface area contributed by atoms with Gasteiger partial charge in [0.2, 0.25) is 0 Å². The molecule has 0 radical (unpaired) electrons. The van der Waals surface area contributed by atoms with Crippen molar-refractivity contribution >= 4 is 6.09 Å². The van der Waals surface area contributed by atoms with Gasteiger partial charge >= 0.3 is 6.09 Å². The lowest BCUT2D eigenvalue weighted by Gasteiger charge is -2.07. The number of rotatable bonds is 1. The second-order valence-electron chi connectivity index (χ2n) is 1.59. The van der Waals surface area contributed by atoms with E-state index >= 15 is 0 Å². The van der Waals surface area contributed by atoms with Crippen molar-refractivity contribution in [3.63, 3.8) is 0 Å². The molecule has 0 unspecified atom stereocenters. The van der Waals surface area contributed by atoms with Crippen LogP contribution in [0.15, 0.2) is 0 Å². The van der Waals surface area contributed by atoms with E-state index < -0.39 is 0 Å². The van der Waals surface area contributed by atoms with Crippen LogP contribution in [0.2, 0.25) is 0 Å². The summed E-state index contributed by atoms with van der Waals surface area (Å²) in [6.07, 6.45) is -0.285. The lowest BCUT2D eigenvalue weighted by molar-refractivity contribution is 0.124. The highest BCUT2D eigenvalue weighted by atomic mass is 16.5. The van der Waals surface area contributed by atoms with Gasteiger partial charge < -0.3 is 9.64 Å². The molecule has 76 valence electrons. The molecule has 0 atom stereocenters. The maximum atomic E-state index is 10.4. The SMILES string of the molecule is CC.CC.CCOC(=O)N(C)C. The normalized spacial score (nSPS) is 6.58. The van der Waals surface area contributed by atoms with Gasteiger partial charge in [0, 0.05) is 14.1 Å². The summed E-state index contributed by atoms with van der Waals surface area (Å²) < 4.78 is 4.59. The van der Waals surface area contributed by atoms with Gasteiger partial charge in [0.1, 0.15) is 0 Å². The molecule has 0 bridgehead atoms. The summed E-state index contributed by atoms with van der Waals surface area (Å²) in [5, 5.41) is 0. The first-order chi connectivity index (χ1) is 5.68. The number of hydrogen-bond acceptors (Lipinski definition) is 2. The summed E-state index contributed by atoms with van der Waals surface area (Å²) in [5.41, 5.74) is 0. The Kier molecular flexibility index (Phi) is 24.2. The van der Waals surface area contributed by atoms with Gasteiger partial charge in [-0.1, -0.05) is 27.7 Å². The number of ether oxygens (including phenoxy) is 1. The Morgan fingerprint density at radius 2 is 1.50 bits per heavy atom. The maximum absolute atomic E-state index is 10.4. The number of carbonyl (C=O) groups is 1. The molecular formula is C9H23NO2. The highest BCUT2D eigenvalue weighted by molar-refractivity contribution is 5.66. The summed E-state index contributed by atoms with van der Waals surface area (Å²) in [5.74, 6) is 0. The first kappa shape index (κ1) is 17.4. The van der Waals surface area contributed by atoms with Crippen molar-refractivity contribution in [2.24, 2.45) is 0 Å². The van der Waals surface area contributed by atoms with E-state index in [1.165, 1.54) is 4.90 Å². The zero-order valence-corrected chi connectivity index (χ0v) is 9.47. The van der Waals surface area contributed by atoms with Crippen LogP contribution in [0.25, 0.3) is 0 Å². The Bertz CT molecular complexity index is 82.6. The minimum Gasteiger partial charge on any atom is -0.450 e. The zero-order chi connectivity index (χ0) is 10.6. The molecule has 0 aromatic rings. The van der Waals surface area contributed by atoms with Crippen LogP contribution >= 0.6 is 0 Å². The second-order valence-corrected chi connectivity index (χ2v) is 1.59. The van der Waals surface area contributed by atoms with Crippen molar-refractivity contribution in [2.75, 3.05) is 20.7 Å². The molecule has 3 heteroatoms. The van der Waals surface area contributed by atoms with Crippen LogP contribution < -0.4 is 0 Å². The van der Waals surface area contributed by atoms with Gasteiger partial charge in [0.05, 0.1) is 6.61 Å². The summed E-state index contributed by atoms with van der Waals surface area (Å²) in [6, 6.07) is 0. The summed E-state index contributed by atoms with van der Waals surface area (Å²) in [6.45, 7) is 10.2. The van der Waals surface area contributed by atoms with Gasteiger partial charge in [-0.3, -0.25) is 0 Å². The monoisotopic (exact) mass is 177 g/mol. The third-order valence-corrected chi connectivity index (χ3v) is 0.633. The van der Waals surface area contributed by atoms with Crippen molar-refractivity contribution in [3.8, 4) is 0 Å². The molecule has 0 heterocycles. The van der Waals surface area contributed by atoms with Crippen LogP contribution in [0.5, 0.6) is 0 Å². The molecule has 0 fully saturated rings. The molecule has 0 aliphatic rings.